The van der Waals surface area contributed by atoms with Gasteiger partial charge in [0.1, 0.15) is 11.4 Å². The summed E-state index contributed by atoms with van der Waals surface area (Å²) < 4.78 is 34.6. The second kappa shape index (κ2) is 8.59. The molecule has 0 radical (unpaired) electrons. The second-order valence-electron chi connectivity index (χ2n) is 7.44. The van der Waals surface area contributed by atoms with Crippen molar-refractivity contribution >= 4 is 16.9 Å². The number of carbonyl (C=O) groups excluding carboxylic acids is 1. The molecule has 3 aromatic rings. The van der Waals surface area contributed by atoms with Crippen LogP contribution in [0.25, 0.3) is 11.0 Å². The molecule has 1 aromatic carbocycles. The maximum Gasteiger partial charge on any atom is 0.220 e. The van der Waals surface area contributed by atoms with Gasteiger partial charge in [-0.25, -0.2) is 13.8 Å². The molecule has 1 amide bonds. The Balaban J connectivity index is 1.41. The van der Waals surface area contributed by atoms with Crippen LogP contribution in [0.3, 0.4) is 0 Å². The van der Waals surface area contributed by atoms with Gasteiger partial charge in [0, 0.05) is 24.9 Å². The first-order valence-corrected chi connectivity index (χ1v) is 9.97. The third-order valence-electron chi connectivity index (χ3n) is 5.30. The van der Waals surface area contributed by atoms with E-state index in [1.807, 2.05) is 0 Å². The number of aromatic nitrogens is 2. The van der Waals surface area contributed by atoms with Crippen LogP contribution in [0.1, 0.15) is 44.1 Å². The number of ether oxygens (including phenoxy) is 1. The van der Waals surface area contributed by atoms with Gasteiger partial charge in [-0.1, -0.05) is 19.3 Å². The SMILES string of the molecule is O=C(CCc1cc(F)c(Oc2ccnc3[nH]ccc23)c(F)c1)NC1CCCCC1. The number of pyridine rings is 1. The highest BCUT2D eigenvalue weighted by molar-refractivity contribution is 5.82. The van der Waals surface area contributed by atoms with Crippen LogP contribution < -0.4 is 10.1 Å². The predicted molar refractivity (Wildman–Crippen MR) is 106 cm³/mol. The van der Waals surface area contributed by atoms with E-state index in [4.69, 9.17) is 4.74 Å². The van der Waals surface area contributed by atoms with Crippen LogP contribution >= 0.6 is 0 Å². The third-order valence-corrected chi connectivity index (χ3v) is 5.30. The summed E-state index contributed by atoms with van der Waals surface area (Å²) >= 11 is 0. The van der Waals surface area contributed by atoms with Gasteiger partial charge in [0.2, 0.25) is 5.91 Å². The largest absolute Gasteiger partial charge is 0.450 e. The van der Waals surface area contributed by atoms with E-state index >= 15 is 0 Å². The van der Waals surface area contributed by atoms with Gasteiger partial charge in [0.25, 0.3) is 0 Å². The Morgan fingerprint density at radius 1 is 1.17 bits per heavy atom. The van der Waals surface area contributed by atoms with Crippen molar-refractivity contribution in [2.24, 2.45) is 0 Å². The summed E-state index contributed by atoms with van der Waals surface area (Å²) in [7, 11) is 0. The zero-order chi connectivity index (χ0) is 20.2. The van der Waals surface area contributed by atoms with Crippen LogP contribution in [0.2, 0.25) is 0 Å². The van der Waals surface area contributed by atoms with E-state index in [0.29, 0.717) is 22.3 Å². The van der Waals surface area contributed by atoms with Crippen molar-refractivity contribution in [2.75, 3.05) is 0 Å². The smallest absolute Gasteiger partial charge is 0.220 e. The molecule has 1 saturated carbocycles. The van der Waals surface area contributed by atoms with E-state index in [0.717, 1.165) is 25.7 Å². The van der Waals surface area contributed by atoms with Crippen LogP contribution in [0, 0.1) is 11.6 Å². The number of amides is 1. The van der Waals surface area contributed by atoms with Crippen molar-refractivity contribution < 1.29 is 18.3 Å². The molecule has 4 rings (SSSR count). The maximum atomic E-state index is 14.5. The summed E-state index contributed by atoms with van der Waals surface area (Å²) in [6, 6.07) is 5.96. The van der Waals surface area contributed by atoms with E-state index in [1.165, 1.54) is 24.8 Å². The molecular formula is C22H23F2N3O2. The molecule has 0 spiro atoms. The van der Waals surface area contributed by atoms with E-state index in [1.54, 1.807) is 18.3 Å². The summed E-state index contributed by atoms with van der Waals surface area (Å²) in [4.78, 5) is 19.2. The summed E-state index contributed by atoms with van der Waals surface area (Å²) in [5, 5.41) is 3.65. The minimum absolute atomic E-state index is 0.0790. The van der Waals surface area contributed by atoms with Gasteiger partial charge in [-0.2, -0.15) is 0 Å². The summed E-state index contributed by atoms with van der Waals surface area (Å²) in [6.45, 7) is 0. The number of H-pyrrole nitrogens is 1. The zero-order valence-electron chi connectivity index (χ0n) is 16.0. The molecule has 7 heteroatoms. The third kappa shape index (κ3) is 4.55. The lowest BCUT2D eigenvalue weighted by atomic mass is 9.95. The highest BCUT2D eigenvalue weighted by Crippen LogP contribution is 2.32. The molecule has 0 atom stereocenters. The van der Waals surface area contributed by atoms with Crippen molar-refractivity contribution in [1.82, 2.24) is 15.3 Å². The number of fused-ring (bicyclic) bond motifs is 1. The molecule has 2 aromatic heterocycles. The number of aryl methyl sites for hydroxylation is 1. The Bertz CT molecular complexity index is 989. The van der Waals surface area contributed by atoms with Crippen LogP contribution in [0.15, 0.2) is 36.7 Å². The minimum Gasteiger partial charge on any atom is -0.450 e. The first-order chi connectivity index (χ1) is 14.1. The Labute approximate surface area is 167 Å². The Morgan fingerprint density at radius 2 is 1.93 bits per heavy atom. The minimum atomic E-state index is -0.798. The molecule has 0 unspecified atom stereocenters. The first kappa shape index (κ1) is 19.4. The fraction of sp³-hybridized carbons (Fsp3) is 0.364. The number of rotatable bonds is 6. The normalized spacial score (nSPS) is 14.8. The van der Waals surface area contributed by atoms with Crippen molar-refractivity contribution in [3.8, 4) is 11.5 Å². The number of benzene rings is 1. The summed E-state index contributed by atoms with van der Waals surface area (Å²) in [5.74, 6) is -1.83. The average Bonchev–Trinajstić information content (AvgIpc) is 3.19. The van der Waals surface area contributed by atoms with E-state index < -0.39 is 17.4 Å². The standard InChI is InChI=1S/C22H23F2N3O2/c23-17-12-14(6-7-20(28)27-15-4-2-1-3-5-15)13-18(24)21(17)29-19-9-11-26-22-16(19)8-10-25-22/h8-13,15H,1-7H2,(H,25,26)(H,27,28). The van der Waals surface area contributed by atoms with Gasteiger partial charge in [0.05, 0.1) is 5.39 Å². The van der Waals surface area contributed by atoms with Crippen molar-refractivity contribution in [1.29, 1.82) is 0 Å². The van der Waals surface area contributed by atoms with Gasteiger partial charge >= 0.3 is 0 Å². The average molecular weight is 399 g/mol. The number of nitrogens with zero attached hydrogens (tertiary/aromatic N) is 1. The molecule has 1 aliphatic carbocycles. The topological polar surface area (TPSA) is 67.0 Å². The molecule has 5 nitrogen and oxygen atoms in total. The lowest BCUT2D eigenvalue weighted by Gasteiger charge is -2.22. The van der Waals surface area contributed by atoms with Gasteiger partial charge in [-0.3, -0.25) is 4.79 Å². The molecule has 0 bridgehead atoms. The quantitative estimate of drug-likeness (QED) is 0.612. The highest BCUT2D eigenvalue weighted by Gasteiger charge is 2.18. The van der Waals surface area contributed by atoms with Gasteiger partial charge in [-0.15, -0.1) is 0 Å². The number of nitrogens with one attached hydrogen (secondary N) is 2. The Hall–Kier alpha value is -2.96. The number of hydrogen-bond acceptors (Lipinski definition) is 3. The fourth-order valence-corrected chi connectivity index (χ4v) is 3.79. The fourth-order valence-electron chi connectivity index (χ4n) is 3.79. The molecule has 1 aliphatic rings. The van der Waals surface area contributed by atoms with Crippen LogP contribution in [-0.4, -0.2) is 21.9 Å². The molecule has 0 aliphatic heterocycles. The van der Waals surface area contributed by atoms with Gasteiger partial charge in [-0.05, 0) is 49.1 Å². The molecular weight excluding hydrogens is 376 g/mol. The molecule has 152 valence electrons. The number of halogens is 2. The second-order valence-corrected chi connectivity index (χ2v) is 7.44. The van der Waals surface area contributed by atoms with E-state index in [-0.39, 0.29) is 24.8 Å². The lowest BCUT2D eigenvalue weighted by Crippen LogP contribution is -2.36. The van der Waals surface area contributed by atoms with Crippen LogP contribution in [0.5, 0.6) is 11.5 Å². The van der Waals surface area contributed by atoms with Crippen molar-refractivity contribution in [3.05, 3.63) is 53.9 Å². The van der Waals surface area contributed by atoms with E-state index in [2.05, 4.69) is 15.3 Å². The monoisotopic (exact) mass is 399 g/mol. The molecule has 0 saturated heterocycles. The van der Waals surface area contributed by atoms with Gasteiger partial charge < -0.3 is 15.0 Å². The predicted octanol–water partition coefficient (Wildman–Crippen LogP) is 5.01. The van der Waals surface area contributed by atoms with Crippen LogP contribution in [0.4, 0.5) is 8.78 Å². The molecule has 1 fully saturated rings. The number of carbonyl (C=O) groups is 1. The molecule has 2 heterocycles. The van der Waals surface area contributed by atoms with Crippen molar-refractivity contribution in [3.63, 3.8) is 0 Å². The maximum absolute atomic E-state index is 14.5. The van der Waals surface area contributed by atoms with E-state index in [9.17, 15) is 13.6 Å². The highest BCUT2D eigenvalue weighted by atomic mass is 19.1. The number of hydrogen-bond donors (Lipinski definition) is 2. The summed E-state index contributed by atoms with van der Waals surface area (Å²) in [5.41, 5.74) is 0.997. The van der Waals surface area contributed by atoms with Crippen LogP contribution in [-0.2, 0) is 11.2 Å². The van der Waals surface area contributed by atoms with Crippen molar-refractivity contribution in [2.45, 2.75) is 51.0 Å². The molecule has 29 heavy (non-hydrogen) atoms. The lowest BCUT2D eigenvalue weighted by molar-refractivity contribution is -0.121. The van der Waals surface area contributed by atoms with Gasteiger partial charge in [0.15, 0.2) is 17.4 Å². The first-order valence-electron chi connectivity index (χ1n) is 9.97. The number of aromatic amines is 1. The Morgan fingerprint density at radius 3 is 2.69 bits per heavy atom. The Kier molecular flexibility index (Phi) is 5.74. The zero-order valence-corrected chi connectivity index (χ0v) is 16.0. The molecule has 2 N–H and O–H groups in total. The summed E-state index contributed by atoms with van der Waals surface area (Å²) in [6.07, 6.45) is 9.14.